The first-order valence-corrected chi connectivity index (χ1v) is 13.0. The summed E-state index contributed by atoms with van der Waals surface area (Å²) < 4.78 is 33.9. The lowest BCUT2D eigenvalue weighted by molar-refractivity contribution is -0.135. The second-order valence-corrected chi connectivity index (χ2v) is 10.6. The van der Waals surface area contributed by atoms with Gasteiger partial charge in [0, 0.05) is 19.6 Å². The van der Waals surface area contributed by atoms with Crippen LogP contribution in [0.25, 0.3) is 0 Å². The normalized spacial score (nSPS) is 11.7. The molecule has 3 aromatic rings. The van der Waals surface area contributed by atoms with E-state index in [4.69, 9.17) is 4.74 Å². The van der Waals surface area contributed by atoms with Crippen molar-refractivity contribution in [1.29, 1.82) is 0 Å². The fourth-order valence-electron chi connectivity index (χ4n) is 3.77. The summed E-state index contributed by atoms with van der Waals surface area (Å²) in [6.07, 6.45) is 1.57. The zero-order valence-electron chi connectivity index (χ0n) is 20.3. The summed E-state index contributed by atoms with van der Waals surface area (Å²) in [5, 5.41) is 0.0123. The molecular weight excluding hydrogens is 450 g/mol. The van der Waals surface area contributed by atoms with Gasteiger partial charge >= 0.3 is 0 Å². The van der Waals surface area contributed by atoms with Gasteiger partial charge < -0.3 is 14.2 Å². The highest BCUT2D eigenvalue weighted by atomic mass is 32.2. The van der Waals surface area contributed by atoms with Gasteiger partial charge in [-0.1, -0.05) is 68.4 Å². The van der Waals surface area contributed by atoms with Crippen molar-refractivity contribution >= 4 is 15.7 Å². The van der Waals surface area contributed by atoms with Crippen molar-refractivity contribution < 1.29 is 17.9 Å². The van der Waals surface area contributed by atoms with E-state index in [-0.39, 0.29) is 29.3 Å². The number of amides is 1. The van der Waals surface area contributed by atoms with Crippen molar-refractivity contribution in [3.63, 3.8) is 0 Å². The fraction of sp³-hybridized carbons (Fsp3) is 0.385. The molecule has 7 nitrogen and oxygen atoms in total. The Kier molecular flexibility index (Phi) is 8.63. The number of nitrogens with zero attached hydrogens (tertiary/aromatic N) is 3. The van der Waals surface area contributed by atoms with E-state index in [1.807, 2.05) is 75.4 Å². The number of rotatable bonds is 11. The van der Waals surface area contributed by atoms with Crippen LogP contribution in [0, 0.1) is 12.8 Å². The van der Waals surface area contributed by atoms with Gasteiger partial charge in [0.1, 0.15) is 0 Å². The summed E-state index contributed by atoms with van der Waals surface area (Å²) in [5.74, 6) is -0.344. The minimum absolute atomic E-state index is 0.0123. The largest absolute Gasteiger partial charge is 0.383 e. The molecule has 8 heteroatoms. The molecule has 0 aliphatic heterocycles. The molecule has 0 N–H and O–H groups in total. The predicted molar refractivity (Wildman–Crippen MR) is 132 cm³/mol. The van der Waals surface area contributed by atoms with Crippen LogP contribution in [0.5, 0.6) is 0 Å². The molecule has 0 fully saturated rings. The van der Waals surface area contributed by atoms with Gasteiger partial charge in [-0.25, -0.2) is 13.4 Å². The van der Waals surface area contributed by atoms with Crippen molar-refractivity contribution in [2.24, 2.45) is 5.92 Å². The first-order chi connectivity index (χ1) is 16.2. The molecule has 0 unspecified atom stereocenters. The Bertz CT molecular complexity index is 1200. The molecule has 0 aliphatic carbocycles. The minimum Gasteiger partial charge on any atom is -0.383 e. The van der Waals surface area contributed by atoms with E-state index in [2.05, 4.69) is 4.98 Å². The topological polar surface area (TPSA) is 81.5 Å². The Morgan fingerprint density at radius 3 is 2.41 bits per heavy atom. The molecule has 3 rings (SSSR count). The monoisotopic (exact) mass is 483 g/mol. The number of aryl methyl sites for hydroxylation is 1. The maximum Gasteiger partial charge on any atom is 0.228 e. The first kappa shape index (κ1) is 25.6. The van der Waals surface area contributed by atoms with Gasteiger partial charge in [-0.05, 0) is 23.6 Å². The average molecular weight is 484 g/mol. The highest BCUT2D eigenvalue weighted by Gasteiger charge is 2.26. The molecule has 0 atom stereocenters. The third-order valence-electron chi connectivity index (χ3n) is 5.69. The van der Waals surface area contributed by atoms with E-state index in [1.54, 1.807) is 22.8 Å². The molecule has 1 amide bonds. The van der Waals surface area contributed by atoms with Crippen LogP contribution in [0.3, 0.4) is 0 Å². The Morgan fingerprint density at radius 2 is 1.76 bits per heavy atom. The fourth-order valence-corrected chi connectivity index (χ4v) is 5.37. The summed E-state index contributed by atoms with van der Waals surface area (Å²) in [7, 11) is -2.14. The molecule has 0 spiro atoms. The Labute approximate surface area is 202 Å². The van der Waals surface area contributed by atoms with Gasteiger partial charge in [0.15, 0.2) is 0 Å². The van der Waals surface area contributed by atoms with Crippen LogP contribution in [0.15, 0.2) is 66.0 Å². The zero-order valence-corrected chi connectivity index (χ0v) is 21.1. The summed E-state index contributed by atoms with van der Waals surface area (Å²) in [6.45, 7) is 6.99. The first-order valence-electron chi connectivity index (χ1n) is 11.4. The molecule has 0 aliphatic rings. The van der Waals surface area contributed by atoms with Gasteiger partial charge in [-0.15, -0.1) is 0 Å². The van der Waals surface area contributed by atoms with Crippen LogP contribution >= 0.6 is 0 Å². The Morgan fingerprint density at radius 1 is 1.09 bits per heavy atom. The molecule has 182 valence electrons. The number of aromatic nitrogens is 2. The van der Waals surface area contributed by atoms with E-state index in [9.17, 15) is 13.2 Å². The van der Waals surface area contributed by atoms with Gasteiger partial charge in [0.2, 0.25) is 20.9 Å². The second-order valence-electron chi connectivity index (χ2n) is 8.70. The van der Waals surface area contributed by atoms with E-state index < -0.39 is 9.84 Å². The van der Waals surface area contributed by atoms with E-state index in [1.165, 1.54) is 0 Å². The van der Waals surface area contributed by atoms with Gasteiger partial charge in [-0.2, -0.15) is 0 Å². The molecule has 1 aromatic heterocycles. The van der Waals surface area contributed by atoms with E-state index in [0.29, 0.717) is 25.4 Å². The second kappa shape index (κ2) is 11.4. The quantitative estimate of drug-likeness (QED) is 0.414. The van der Waals surface area contributed by atoms with Crippen LogP contribution < -0.4 is 0 Å². The lowest BCUT2D eigenvalue weighted by Gasteiger charge is -2.25. The van der Waals surface area contributed by atoms with Crippen molar-refractivity contribution in [3.05, 3.63) is 83.2 Å². The number of imidazole rings is 1. The number of methoxy groups -OCH3 is 1. The number of hydrogen-bond acceptors (Lipinski definition) is 5. The zero-order chi connectivity index (χ0) is 24.7. The molecule has 0 radical (unpaired) electrons. The molecule has 0 saturated carbocycles. The third-order valence-corrected chi connectivity index (χ3v) is 7.27. The molecule has 2 aromatic carbocycles. The van der Waals surface area contributed by atoms with Gasteiger partial charge in [0.05, 0.1) is 37.3 Å². The van der Waals surface area contributed by atoms with E-state index >= 15 is 0 Å². The average Bonchev–Trinajstić information content (AvgIpc) is 3.21. The van der Waals surface area contributed by atoms with Crippen LogP contribution in [0.2, 0.25) is 0 Å². The lowest BCUT2D eigenvalue weighted by Crippen LogP contribution is -2.37. The molecule has 34 heavy (non-hydrogen) atoms. The summed E-state index contributed by atoms with van der Waals surface area (Å²) in [5.41, 5.74) is 3.28. The maximum absolute atomic E-state index is 13.5. The number of hydrogen-bond donors (Lipinski definition) is 0. The van der Waals surface area contributed by atoms with Crippen molar-refractivity contribution in [3.8, 4) is 0 Å². The van der Waals surface area contributed by atoms with Crippen LogP contribution in [0.4, 0.5) is 0 Å². The van der Waals surface area contributed by atoms with Crippen molar-refractivity contribution in [2.75, 3.05) is 20.3 Å². The van der Waals surface area contributed by atoms with Gasteiger partial charge in [0.25, 0.3) is 0 Å². The number of benzene rings is 2. The standard InChI is InChI=1S/C26H33N3O4S/c1-20(2)25(30)28(14-15-33-4)18-24-16-27-26(29(24)17-22-11-6-5-7-12-22)34(31,32)19-23-13-9-8-10-21(23)3/h5-13,16,20H,14-15,17-19H2,1-4H3. The lowest BCUT2D eigenvalue weighted by atomic mass is 10.1. The van der Waals surface area contributed by atoms with Crippen LogP contribution in [-0.4, -0.2) is 49.0 Å². The van der Waals surface area contributed by atoms with Crippen LogP contribution in [0.1, 0.15) is 36.2 Å². The molecule has 1 heterocycles. The Balaban J connectivity index is 2.01. The highest BCUT2D eigenvalue weighted by molar-refractivity contribution is 7.90. The minimum atomic E-state index is -3.73. The van der Waals surface area contributed by atoms with Crippen LogP contribution in [-0.2, 0) is 38.2 Å². The SMILES string of the molecule is COCCN(Cc1cnc(S(=O)(=O)Cc2ccccc2C)n1Cc1ccccc1)C(=O)C(C)C. The van der Waals surface area contributed by atoms with Gasteiger partial charge in [-0.3, -0.25) is 4.79 Å². The van der Waals surface area contributed by atoms with Crippen molar-refractivity contribution in [1.82, 2.24) is 14.5 Å². The van der Waals surface area contributed by atoms with E-state index in [0.717, 1.165) is 16.7 Å². The number of ether oxygens (including phenoxy) is 1. The smallest absolute Gasteiger partial charge is 0.228 e. The molecule has 0 saturated heterocycles. The third kappa shape index (κ3) is 6.33. The number of carbonyl (C=O) groups is 1. The number of carbonyl (C=O) groups excluding carboxylic acids is 1. The van der Waals surface area contributed by atoms with Crippen molar-refractivity contribution in [2.45, 2.75) is 44.8 Å². The summed E-state index contributed by atoms with van der Waals surface area (Å²) in [4.78, 5) is 18.9. The molecular formula is C26H33N3O4S. The Hall–Kier alpha value is -2.97. The number of sulfone groups is 1. The maximum atomic E-state index is 13.5. The summed E-state index contributed by atoms with van der Waals surface area (Å²) >= 11 is 0. The molecule has 0 bridgehead atoms. The summed E-state index contributed by atoms with van der Waals surface area (Å²) in [6, 6.07) is 17.1. The highest BCUT2D eigenvalue weighted by Crippen LogP contribution is 2.22. The predicted octanol–water partition coefficient (Wildman–Crippen LogP) is 3.84.